The number of aryl methyl sites for hydroxylation is 1. The van der Waals surface area contributed by atoms with Gasteiger partial charge in [0.05, 0.1) is 19.4 Å². The molecule has 154 valence electrons. The van der Waals surface area contributed by atoms with Gasteiger partial charge in [-0.15, -0.1) is 4.98 Å². The largest absolute Gasteiger partial charge is 0.504 e. The number of aromatic nitrogens is 3. The molecular weight excluding hydrogens is 386 g/mol. The Bertz CT molecular complexity index is 1020. The number of rotatable bonds is 9. The Morgan fingerprint density at radius 1 is 0.933 bits per heavy atom. The summed E-state index contributed by atoms with van der Waals surface area (Å²) in [5.74, 6) is 0.537. The topological polar surface area (TPSA) is 92.7 Å². The Labute approximate surface area is 174 Å². The van der Waals surface area contributed by atoms with Crippen LogP contribution in [0.1, 0.15) is 18.9 Å². The molecule has 1 heterocycles. The van der Waals surface area contributed by atoms with E-state index in [0.29, 0.717) is 5.75 Å². The molecule has 3 rings (SSSR count). The van der Waals surface area contributed by atoms with Crippen LogP contribution >= 0.6 is 0 Å². The van der Waals surface area contributed by atoms with Crippen LogP contribution in [0.3, 0.4) is 0 Å². The molecule has 0 atom stereocenters. The van der Waals surface area contributed by atoms with Crippen molar-refractivity contribution in [2.24, 2.45) is 0 Å². The molecule has 0 radical (unpaired) electrons. The van der Waals surface area contributed by atoms with Crippen molar-refractivity contribution >= 4 is 5.97 Å². The van der Waals surface area contributed by atoms with Gasteiger partial charge in [-0.25, -0.2) is 4.79 Å². The number of carbonyl (C=O) groups excluding carboxylic acids is 1. The Morgan fingerprint density at radius 3 is 2.27 bits per heavy atom. The van der Waals surface area contributed by atoms with Gasteiger partial charge >= 0.3 is 18.0 Å². The molecule has 0 saturated carbocycles. The molecule has 0 amide bonds. The van der Waals surface area contributed by atoms with Gasteiger partial charge in [0.1, 0.15) is 12.1 Å². The Morgan fingerprint density at radius 2 is 1.57 bits per heavy atom. The van der Waals surface area contributed by atoms with E-state index in [2.05, 4.69) is 21.9 Å². The fourth-order valence-electron chi connectivity index (χ4n) is 2.53. The maximum absolute atomic E-state index is 11.8. The maximum atomic E-state index is 11.8. The van der Waals surface area contributed by atoms with Gasteiger partial charge in [-0.1, -0.05) is 43.7 Å². The van der Waals surface area contributed by atoms with Gasteiger partial charge in [0.15, 0.2) is 11.5 Å². The summed E-state index contributed by atoms with van der Waals surface area (Å²) in [5, 5.41) is 0. The monoisotopic (exact) mass is 407 g/mol. The molecular formula is C22H21N3O5. The number of benzene rings is 2. The van der Waals surface area contributed by atoms with Crippen LogP contribution in [-0.4, -0.2) is 28.0 Å². The number of ether oxygens (including phenoxy) is 4. The molecule has 8 nitrogen and oxygen atoms in total. The molecule has 2 aromatic carbocycles. The summed E-state index contributed by atoms with van der Waals surface area (Å²) in [6, 6.07) is 14.5. The molecule has 0 aliphatic heterocycles. The molecule has 30 heavy (non-hydrogen) atoms. The van der Waals surface area contributed by atoms with Gasteiger partial charge in [0.25, 0.3) is 0 Å². The number of hydrogen-bond donors (Lipinski definition) is 0. The van der Waals surface area contributed by atoms with Crippen LogP contribution in [-0.2, 0) is 16.0 Å². The normalized spacial score (nSPS) is 10.6. The first-order chi connectivity index (χ1) is 14.7. The van der Waals surface area contributed by atoms with Crippen molar-refractivity contribution in [3.8, 4) is 29.3 Å². The predicted octanol–water partition coefficient (Wildman–Crippen LogP) is 4.47. The second-order valence-electron chi connectivity index (χ2n) is 6.02. The van der Waals surface area contributed by atoms with Crippen LogP contribution < -0.4 is 14.2 Å². The molecule has 0 spiro atoms. The average Bonchev–Trinajstić information content (AvgIpc) is 2.75. The molecule has 0 bridgehead atoms. The maximum Gasteiger partial charge on any atom is 0.339 e. The molecule has 8 heteroatoms. The van der Waals surface area contributed by atoms with E-state index >= 15 is 0 Å². The van der Waals surface area contributed by atoms with Crippen LogP contribution in [0.25, 0.3) is 0 Å². The second kappa shape index (κ2) is 10.6. The Balaban J connectivity index is 1.76. The van der Waals surface area contributed by atoms with E-state index in [0.717, 1.165) is 24.5 Å². The predicted molar refractivity (Wildman–Crippen MR) is 109 cm³/mol. The van der Waals surface area contributed by atoms with Crippen LogP contribution in [0.2, 0.25) is 0 Å². The average molecular weight is 407 g/mol. The van der Waals surface area contributed by atoms with E-state index in [1.807, 2.05) is 24.3 Å². The summed E-state index contributed by atoms with van der Waals surface area (Å²) < 4.78 is 21.5. The molecule has 0 N–H and O–H groups in total. The minimum atomic E-state index is -0.611. The lowest BCUT2D eigenvalue weighted by atomic mass is 10.1. The standard InChI is InChI=1S/C22H21N3O5/c1-3-8-16-9-4-5-10-17(16)29-21-23-15-24-22(25-21)30-19-12-7-6-11-18(19)28-20(26)13-14-27-2/h4-7,9-15H,3,8H2,1-2H3. The van der Waals surface area contributed by atoms with Gasteiger partial charge in [-0.2, -0.15) is 9.97 Å². The Kier molecular flexibility index (Phi) is 7.32. The van der Waals surface area contributed by atoms with Crippen molar-refractivity contribution in [2.45, 2.75) is 19.8 Å². The van der Waals surface area contributed by atoms with E-state index < -0.39 is 5.97 Å². The van der Waals surface area contributed by atoms with Crippen LogP contribution in [0, 0.1) is 0 Å². The van der Waals surface area contributed by atoms with E-state index in [9.17, 15) is 4.79 Å². The highest BCUT2D eigenvalue weighted by Gasteiger charge is 2.12. The lowest BCUT2D eigenvalue weighted by Gasteiger charge is -2.11. The van der Waals surface area contributed by atoms with Crippen molar-refractivity contribution in [1.82, 2.24) is 15.0 Å². The first-order valence-corrected chi connectivity index (χ1v) is 9.32. The first kappa shape index (κ1) is 20.8. The smallest absolute Gasteiger partial charge is 0.339 e. The summed E-state index contributed by atoms with van der Waals surface area (Å²) in [5.41, 5.74) is 1.06. The minimum Gasteiger partial charge on any atom is -0.504 e. The number of esters is 1. The highest BCUT2D eigenvalue weighted by atomic mass is 16.6. The Hall–Kier alpha value is -3.94. The van der Waals surface area contributed by atoms with Gasteiger partial charge in [0, 0.05) is 0 Å². The highest BCUT2D eigenvalue weighted by molar-refractivity contribution is 5.84. The second-order valence-corrected chi connectivity index (χ2v) is 6.02. The zero-order chi connectivity index (χ0) is 21.2. The number of nitrogens with zero attached hydrogens (tertiary/aromatic N) is 3. The summed E-state index contributed by atoms with van der Waals surface area (Å²) in [6.07, 6.45) is 5.52. The van der Waals surface area contributed by atoms with Gasteiger partial charge in [0.2, 0.25) is 0 Å². The fraction of sp³-hybridized carbons (Fsp3) is 0.182. The van der Waals surface area contributed by atoms with E-state index in [1.54, 1.807) is 24.3 Å². The third-order valence-corrected chi connectivity index (χ3v) is 3.82. The molecule has 0 fully saturated rings. The summed E-state index contributed by atoms with van der Waals surface area (Å²) in [4.78, 5) is 24.1. The van der Waals surface area contributed by atoms with E-state index in [1.165, 1.54) is 19.7 Å². The number of methoxy groups -OCH3 is 1. The van der Waals surface area contributed by atoms with Crippen molar-refractivity contribution in [1.29, 1.82) is 0 Å². The van der Waals surface area contributed by atoms with Crippen molar-refractivity contribution in [2.75, 3.05) is 7.11 Å². The van der Waals surface area contributed by atoms with Crippen LogP contribution in [0.5, 0.6) is 29.3 Å². The quantitative estimate of drug-likeness (QED) is 0.222. The number of para-hydroxylation sites is 3. The minimum absolute atomic E-state index is 0.00362. The van der Waals surface area contributed by atoms with E-state index in [4.69, 9.17) is 18.9 Å². The zero-order valence-electron chi connectivity index (χ0n) is 16.6. The van der Waals surface area contributed by atoms with Crippen LogP contribution in [0.4, 0.5) is 0 Å². The van der Waals surface area contributed by atoms with Gasteiger partial charge in [-0.3, -0.25) is 0 Å². The number of hydrogen-bond acceptors (Lipinski definition) is 8. The molecule has 0 unspecified atom stereocenters. The lowest BCUT2D eigenvalue weighted by Crippen LogP contribution is -2.05. The first-order valence-electron chi connectivity index (χ1n) is 9.32. The SMILES string of the molecule is CCCc1ccccc1Oc1ncnc(Oc2ccccc2OC(=O)C=COC)n1. The fourth-order valence-corrected chi connectivity index (χ4v) is 2.53. The van der Waals surface area contributed by atoms with Crippen molar-refractivity contribution in [3.63, 3.8) is 0 Å². The highest BCUT2D eigenvalue weighted by Crippen LogP contribution is 2.31. The van der Waals surface area contributed by atoms with Gasteiger partial charge in [-0.05, 0) is 30.2 Å². The third kappa shape index (κ3) is 5.78. The lowest BCUT2D eigenvalue weighted by molar-refractivity contribution is -0.129. The molecule has 1 aromatic heterocycles. The van der Waals surface area contributed by atoms with Crippen molar-refractivity contribution in [3.05, 3.63) is 72.8 Å². The molecule has 0 saturated heterocycles. The summed E-state index contributed by atoms with van der Waals surface area (Å²) in [7, 11) is 1.43. The zero-order valence-corrected chi connectivity index (χ0v) is 16.6. The summed E-state index contributed by atoms with van der Waals surface area (Å²) >= 11 is 0. The third-order valence-electron chi connectivity index (χ3n) is 3.82. The number of carbonyl (C=O) groups is 1. The molecule has 0 aliphatic carbocycles. The van der Waals surface area contributed by atoms with Gasteiger partial charge < -0.3 is 18.9 Å². The van der Waals surface area contributed by atoms with E-state index in [-0.39, 0.29) is 23.5 Å². The summed E-state index contributed by atoms with van der Waals surface area (Å²) in [6.45, 7) is 2.10. The van der Waals surface area contributed by atoms with Crippen LogP contribution in [0.15, 0.2) is 67.2 Å². The molecule has 3 aromatic rings. The molecule has 0 aliphatic rings. The van der Waals surface area contributed by atoms with Crippen molar-refractivity contribution < 1.29 is 23.7 Å².